The highest BCUT2D eigenvalue weighted by molar-refractivity contribution is 5.96. The highest BCUT2D eigenvalue weighted by atomic mass is 16.3. The number of nitrogens with zero attached hydrogens (tertiary/aromatic N) is 2. The van der Waals surface area contributed by atoms with E-state index in [1.54, 1.807) is 18.2 Å². The maximum atomic E-state index is 12.5. The molecule has 0 radical (unpaired) electrons. The number of piperazine rings is 1. The van der Waals surface area contributed by atoms with E-state index < -0.39 is 0 Å². The number of fused-ring (bicyclic) bond motifs is 1. The summed E-state index contributed by atoms with van der Waals surface area (Å²) in [6.45, 7) is 6.07. The van der Waals surface area contributed by atoms with Crippen LogP contribution in [0.2, 0.25) is 0 Å². The molecule has 24 heavy (non-hydrogen) atoms. The number of H-pyrrole nitrogens is 2. The zero-order chi connectivity index (χ0) is 17.1. The van der Waals surface area contributed by atoms with Crippen molar-refractivity contribution in [2.45, 2.75) is 13.0 Å². The number of anilines is 1. The van der Waals surface area contributed by atoms with E-state index in [9.17, 15) is 9.59 Å². The van der Waals surface area contributed by atoms with E-state index in [1.165, 1.54) is 0 Å². The van der Waals surface area contributed by atoms with Gasteiger partial charge in [-0.3, -0.25) is 14.6 Å². The van der Waals surface area contributed by atoms with Gasteiger partial charge in [-0.2, -0.15) is 0 Å². The van der Waals surface area contributed by atoms with Crippen molar-refractivity contribution in [1.29, 1.82) is 0 Å². The number of rotatable bonds is 5. The van der Waals surface area contributed by atoms with Crippen LogP contribution in [0.15, 0.2) is 23.0 Å². The van der Waals surface area contributed by atoms with Crippen molar-refractivity contribution in [3.05, 3.63) is 28.7 Å². The number of aliphatic hydroxyl groups excluding tert-OH is 1. The SMILES string of the molecule is CC(C(=O)Nc1ccc2[nH]c(=O)[nH]c2c1)N1CCN(CCO)CC1. The number of aromatic amines is 2. The van der Waals surface area contributed by atoms with Crippen LogP contribution in [0.25, 0.3) is 11.0 Å². The Labute approximate surface area is 139 Å². The molecule has 4 N–H and O–H groups in total. The van der Waals surface area contributed by atoms with Crippen molar-refractivity contribution < 1.29 is 9.90 Å². The van der Waals surface area contributed by atoms with Gasteiger partial charge in [0, 0.05) is 38.4 Å². The van der Waals surface area contributed by atoms with Crippen LogP contribution in [0.1, 0.15) is 6.92 Å². The van der Waals surface area contributed by atoms with Gasteiger partial charge in [0.15, 0.2) is 0 Å². The fraction of sp³-hybridized carbons (Fsp3) is 0.500. The minimum Gasteiger partial charge on any atom is -0.395 e. The van der Waals surface area contributed by atoms with E-state index in [1.807, 2.05) is 6.92 Å². The summed E-state index contributed by atoms with van der Waals surface area (Å²) in [5.74, 6) is -0.0668. The van der Waals surface area contributed by atoms with Gasteiger partial charge in [-0.15, -0.1) is 0 Å². The second-order valence-electron chi connectivity index (χ2n) is 6.11. The minimum atomic E-state index is -0.261. The number of hydrogen-bond acceptors (Lipinski definition) is 5. The second-order valence-corrected chi connectivity index (χ2v) is 6.11. The molecular weight excluding hydrogens is 310 g/mol. The molecule has 1 aliphatic heterocycles. The third-order valence-electron chi connectivity index (χ3n) is 4.53. The number of nitrogens with one attached hydrogen (secondary N) is 3. The predicted octanol–water partition coefficient (Wildman–Crippen LogP) is -0.207. The van der Waals surface area contributed by atoms with Crippen LogP contribution in [0.3, 0.4) is 0 Å². The Morgan fingerprint density at radius 2 is 1.96 bits per heavy atom. The van der Waals surface area contributed by atoms with E-state index >= 15 is 0 Å². The molecule has 1 unspecified atom stereocenters. The largest absolute Gasteiger partial charge is 0.395 e. The number of hydrogen-bond donors (Lipinski definition) is 4. The zero-order valence-electron chi connectivity index (χ0n) is 13.7. The van der Waals surface area contributed by atoms with Crippen LogP contribution in [0.5, 0.6) is 0 Å². The lowest BCUT2D eigenvalue weighted by Crippen LogP contribution is -2.53. The third kappa shape index (κ3) is 3.66. The molecule has 1 amide bonds. The van der Waals surface area contributed by atoms with Crippen molar-refractivity contribution in [2.24, 2.45) is 0 Å². The number of aromatic nitrogens is 2. The zero-order valence-corrected chi connectivity index (χ0v) is 13.7. The average Bonchev–Trinajstić information content (AvgIpc) is 2.94. The lowest BCUT2D eigenvalue weighted by atomic mass is 10.2. The summed E-state index contributed by atoms with van der Waals surface area (Å²) < 4.78 is 0. The van der Waals surface area contributed by atoms with E-state index in [0.717, 1.165) is 26.2 Å². The van der Waals surface area contributed by atoms with Gasteiger partial charge in [0.1, 0.15) is 0 Å². The Bertz CT molecular complexity index is 760. The summed E-state index contributed by atoms with van der Waals surface area (Å²) in [4.78, 5) is 33.4. The Hall–Kier alpha value is -2.16. The lowest BCUT2D eigenvalue weighted by Gasteiger charge is -2.37. The summed E-state index contributed by atoms with van der Waals surface area (Å²) in [7, 11) is 0. The molecule has 8 heteroatoms. The van der Waals surface area contributed by atoms with Crippen LogP contribution >= 0.6 is 0 Å². The Kier molecular flexibility index (Phi) is 4.98. The fourth-order valence-electron chi connectivity index (χ4n) is 3.04. The highest BCUT2D eigenvalue weighted by Gasteiger charge is 2.25. The van der Waals surface area contributed by atoms with Gasteiger partial charge in [-0.05, 0) is 25.1 Å². The van der Waals surface area contributed by atoms with Crippen LogP contribution in [-0.4, -0.2) is 76.2 Å². The van der Waals surface area contributed by atoms with E-state index in [-0.39, 0.29) is 24.2 Å². The summed E-state index contributed by atoms with van der Waals surface area (Å²) in [5, 5.41) is 11.9. The highest BCUT2D eigenvalue weighted by Crippen LogP contribution is 2.16. The molecule has 0 aliphatic carbocycles. The number of aliphatic hydroxyl groups is 1. The van der Waals surface area contributed by atoms with Crippen molar-refractivity contribution in [3.8, 4) is 0 Å². The Balaban J connectivity index is 1.60. The summed E-state index contributed by atoms with van der Waals surface area (Å²) in [5.41, 5.74) is 1.78. The summed E-state index contributed by atoms with van der Waals surface area (Å²) >= 11 is 0. The number of carbonyl (C=O) groups excluding carboxylic acids is 1. The number of imidazole rings is 1. The second kappa shape index (κ2) is 7.16. The van der Waals surface area contributed by atoms with Gasteiger partial charge in [0.25, 0.3) is 0 Å². The first-order valence-corrected chi connectivity index (χ1v) is 8.17. The standard InChI is InChI=1S/C16H23N5O3/c1-11(21-6-4-20(5-7-21)8-9-22)15(23)17-12-2-3-13-14(10-12)19-16(24)18-13/h2-3,10-11,22H,4-9H2,1H3,(H,17,23)(H2,18,19,24). The molecule has 1 fully saturated rings. The predicted molar refractivity (Wildman–Crippen MR) is 92.1 cm³/mol. The molecule has 1 aromatic heterocycles. The van der Waals surface area contributed by atoms with Gasteiger partial charge in [0.05, 0.1) is 23.7 Å². The van der Waals surface area contributed by atoms with Crippen molar-refractivity contribution >= 4 is 22.6 Å². The van der Waals surface area contributed by atoms with E-state index in [2.05, 4.69) is 25.1 Å². The van der Waals surface area contributed by atoms with Gasteiger partial charge in [-0.25, -0.2) is 4.79 Å². The Morgan fingerprint density at radius 3 is 2.67 bits per heavy atom. The minimum absolute atomic E-state index is 0.0668. The van der Waals surface area contributed by atoms with E-state index in [0.29, 0.717) is 23.3 Å². The van der Waals surface area contributed by atoms with Crippen LogP contribution in [-0.2, 0) is 4.79 Å². The molecule has 0 saturated carbocycles. The first-order chi connectivity index (χ1) is 11.6. The fourth-order valence-corrected chi connectivity index (χ4v) is 3.04. The molecule has 2 aromatic rings. The van der Waals surface area contributed by atoms with Gasteiger partial charge in [-0.1, -0.05) is 0 Å². The normalized spacial score (nSPS) is 17.9. The quantitative estimate of drug-likeness (QED) is 0.606. The lowest BCUT2D eigenvalue weighted by molar-refractivity contribution is -0.121. The molecule has 2 heterocycles. The van der Waals surface area contributed by atoms with Crippen LogP contribution < -0.4 is 11.0 Å². The van der Waals surface area contributed by atoms with Crippen LogP contribution in [0.4, 0.5) is 5.69 Å². The molecule has 1 saturated heterocycles. The maximum Gasteiger partial charge on any atom is 0.323 e. The molecule has 1 aromatic carbocycles. The number of benzene rings is 1. The first-order valence-electron chi connectivity index (χ1n) is 8.17. The maximum absolute atomic E-state index is 12.5. The number of β-amino-alcohol motifs (C(OH)–C–C–N with tert-alkyl or cyclic N) is 1. The smallest absolute Gasteiger partial charge is 0.323 e. The van der Waals surface area contributed by atoms with Gasteiger partial charge < -0.3 is 20.4 Å². The van der Waals surface area contributed by atoms with Crippen molar-refractivity contribution in [1.82, 2.24) is 19.8 Å². The monoisotopic (exact) mass is 333 g/mol. The number of amides is 1. The third-order valence-corrected chi connectivity index (χ3v) is 4.53. The first kappa shape index (κ1) is 16.7. The van der Waals surface area contributed by atoms with Crippen molar-refractivity contribution in [3.63, 3.8) is 0 Å². The topological polar surface area (TPSA) is 104 Å². The molecule has 0 spiro atoms. The Morgan fingerprint density at radius 1 is 1.25 bits per heavy atom. The molecular formula is C16H23N5O3. The molecule has 8 nitrogen and oxygen atoms in total. The molecule has 1 atom stereocenters. The van der Waals surface area contributed by atoms with Gasteiger partial charge in [0.2, 0.25) is 5.91 Å². The number of carbonyl (C=O) groups is 1. The molecule has 130 valence electrons. The van der Waals surface area contributed by atoms with E-state index in [4.69, 9.17) is 5.11 Å². The molecule has 1 aliphatic rings. The average molecular weight is 333 g/mol. The summed E-state index contributed by atoms with van der Waals surface area (Å²) in [6, 6.07) is 5.05. The molecule has 3 rings (SSSR count). The van der Waals surface area contributed by atoms with Gasteiger partial charge >= 0.3 is 5.69 Å². The van der Waals surface area contributed by atoms with Crippen molar-refractivity contribution in [2.75, 3.05) is 44.6 Å². The molecule has 0 bridgehead atoms. The van der Waals surface area contributed by atoms with Crippen LogP contribution in [0, 0.1) is 0 Å². The summed E-state index contributed by atoms with van der Waals surface area (Å²) in [6.07, 6.45) is 0.